The lowest BCUT2D eigenvalue weighted by molar-refractivity contribution is -0.385. The van der Waals surface area contributed by atoms with Crippen LogP contribution in [0.4, 0.5) is 22.7 Å². The molecule has 0 unspecified atom stereocenters. The number of nitro benzene ring substituents is 1. The van der Waals surface area contributed by atoms with E-state index in [0.717, 1.165) is 12.1 Å². The first-order chi connectivity index (χ1) is 10.7. The van der Waals surface area contributed by atoms with Gasteiger partial charge in [-0.1, -0.05) is 0 Å². The molecule has 0 amide bonds. The maximum atomic E-state index is 11.4. The number of ether oxygens (including phenoxy) is 1. The zero-order valence-corrected chi connectivity index (χ0v) is 12.7. The van der Waals surface area contributed by atoms with Crippen molar-refractivity contribution in [1.82, 2.24) is 0 Å². The van der Waals surface area contributed by atoms with E-state index in [9.17, 15) is 23.1 Å². The highest BCUT2D eigenvalue weighted by atomic mass is 32.2. The Bertz CT molecular complexity index is 866. The maximum absolute atomic E-state index is 11.4. The summed E-state index contributed by atoms with van der Waals surface area (Å²) in [6.07, 6.45) is 0. The molecule has 0 radical (unpaired) electrons. The van der Waals surface area contributed by atoms with Crippen molar-refractivity contribution in [3.63, 3.8) is 0 Å². The van der Waals surface area contributed by atoms with Gasteiger partial charge in [-0.05, 0) is 18.2 Å². The van der Waals surface area contributed by atoms with E-state index in [-0.39, 0.29) is 5.69 Å². The van der Waals surface area contributed by atoms with E-state index in [1.54, 1.807) is 12.1 Å². The first-order valence-corrected chi connectivity index (χ1v) is 7.63. The van der Waals surface area contributed by atoms with Gasteiger partial charge in [0.2, 0.25) is 0 Å². The van der Waals surface area contributed by atoms with Gasteiger partial charge in [-0.2, -0.15) is 8.42 Å². The van der Waals surface area contributed by atoms with Crippen LogP contribution in [-0.2, 0) is 10.1 Å². The molecular weight excluding hydrogens is 326 g/mol. The predicted molar refractivity (Wildman–Crippen MR) is 83.6 cm³/mol. The molecule has 0 atom stereocenters. The highest BCUT2D eigenvalue weighted by Crippen LogP contribution is 2.31. The summed E-state index contributed by atoms with van der Waals surface area (Å²) in [6, 6.07) is 7.69. The van der Waals surface area contributed by atoms with E-state index in [2.05, 4.69) is 5.32 Å². The van der Waals surface area contributed by atoms with Crippen molar-refractivity contribution in [1.29, 1.82) is 0 Å². The Morgan fingerprint density at radius 2 is 1.96 bits per heavy atom. The molecule has 2 aromatic carbocycles. The topological polar surface area (TPSA) is 145 Å². The molecule has 4 N–H and O–H groups in total. The van der Waals surface area contributed by atoms with Crippen LogP contribution in [0.5, 0.6) is 5.75 Å². The SMILES string of the molecule is COc1cc(Nc2ccc([N+](=O)[O-])cc2S(=O)(=O)O)ccc1N. The lowest BCUT2D eigenvalue weighted by Gasteiger charge is -2.12. The van der Waals surface area contributed by atoms with E-state index in [0.29, 0.717) is 17.1 Å². The van der Waals surface area contributed by atoms with E-state index in [4.69, 9.17) is 10.5 Å². The molecular formula is C13H13N3O6S. The second-order valence-corrected chi connectivity index (χ2v) is 5.88. The van der Waals surface area contributed by atoms with E-state index >= 15 is 0 Å². The summed E-state index contributed by atoms with van der Waals surface area (Å²) >= 11 is 0. The maximum Gasteiger partial charge on any atom is 0.296 e. The van der Waals surface area contributed by atoms with Crippen molar-refractivity contribution in [2.24, 2.45) is 0 Å². The minimum Gasteiger partial charge on any atom is -0.495 e. The normalized spacial score (nSPS) is 11.0. The summed E-state index contributed by atoms with van der Waals surface area (Å²) < 4.78 is 37.2. The number of nitro groups is 1. The molecule has 0 spiro atoms. The predicted octanol–water partition coefficient (Wildman–Crippen LogP) is 2.18. The Morgan fingerprint density at radius 3 is 2.52 bits per heavy atom. The molecule has 0 aliphatic heterocycles. The number of hydrogen-bond acceptors (Lipinski definition) is 7. The zero-order valence-electron chi connectivity index (χ0n) is 11.9. The molecule has 0 bridgehead atoms. The fourth-order valence-electron chi connectivity index (χ4n) is 1.89. The molecule has 0 saturated heterocycles. The van der Waals surface area contributed by atoms with Gasteiger partial charge in [0.25, 0.3) is 15.8 Å². The van der Waals surface area contributed by atoms with E-state index < -0.39 is 25.6 Å². The van der Waals surface area contributed by atoms with Gasteiger partial charge >= 0.3 is 0 Å². The van der Waals surface area contributed by atoms with E-state index in [1.807, 2.05) is 0 Å². The fourth-order valence-corrected chi connectivity index (χ4v) is 2.55. The standard InChI is InChI=1S/C13H13N3O6S/c1-22-12-6-8(2-4-10(12)14)15-11-5-3-9(16(17)18)7-13(11)23(19,20)21/h2-7,15H,14H2,1H3,(H,19,20,21). The average Bonchev–Trinajstić information content (AvgIpc) is 2.48. The van der Waals surface area contributed by atoms with Crippen LogP contribution in [0, 0.1) is 10.1 Å². The van der Waals surface area contributed by atoms with E-state index in [1.165, 1.54) is 19.2 Å². The number of nitrogens with two attached hydrogens (primary N) is 1. The molecule has 122 valence electrons. The Labute approximate surface area is 131 Å². The van der Waals surface area contributed by atoms with Crippen molar-refractivity contribution >= 4 is 32.9 Å². The van der Waals surface area contributed by atoms with Gasteiger partial charge < -0.3 is 15.8 Å². The molecule has 0 fully saturated rings. The number of benzene rings is 2. The molecule has 9 nitrogen and oxygen atoms in total. The molecule has 2 aromatic rings. The van der Waals surface area contributed by atoms with Gasteiger partial charge in [-0.3, -0.25) is 14.7 Å². The van der Waals surface area contributed by atoms with Gasteiger partial charge in [0, 0.05) is 23.9 Å². The van der Waals surface area contributed by atoms with Crippen LogP contribution in [0.25, 0.3) is 0 Å². The molecule has 0 saturated carbocycles. The number of methoxy groups -OCH3 is 1. The Hall–Kier alpha value is -2.85. The molecule has 0 aliphatic carbocycles. The van der Waals surface area contributed by atoms with Crippen molar-refractivity contribution in [3.05, 3.63) is 46.5 Å². The van der Waals surface area contributed by atoms with Crippen LogP contribution in [-0.4, -0.2) is 25.0 Å². The van der Waals surface area contributed by atoms with Gasteiger partial charge in [-0.15, -0.1) is 0 Å². The highest BCUT2D eigenvalue weighted by Gasteiger charge is 2.20. The van der Waals surface area contributed by atoms with Gasteiger partial charge in [0.05, 0.1) is 23.4 Å². The second kappa shape index (κ2) is 6.10. The minimum atomic E-state index is -4.66. The third-order valence-corrected chi connectivity index (χ3v) is 3.86. The monoisotopic (exact) mass is 339 g/mol. The number of nitrogens with zero attached hydrogens (tertiary/aromatic N) is 1. The molecule has 0 heterocycles. The fraction of sp³-hybridized carbons (Fsp3) is 0.0769. The second-order valence-electron chi connectivity index (χ2n) is 4.49. The summed E-state index contributed by atoms with van der Waals surface area (Å²) in [4.78, 5) is 9.38. The quantitative estimate of drug-likeness (QED) is 0.325. The smallest absolute Gasteiger partial charge is 0.296 e. The minimum absolute atomic E-state index is 0.0232. The van der Waals surface area contributed by atoms with Crippen molar-refractivity contribution < 1.29 is 22.6 Å². The molecule has 2 rings (SSSR count). The molecule has 0 aliphatic rings. The summed E-state index contributed by atoms with van der Waals surface area (Å²) in [5.74, 6) is 0.366. The Kier molecular flexibility index (Phi) is 4.38. The van der Waals surface area contributed by atoms with Crippen molar-refractivity contribution in [2.45, 2.75) is 4.90 Å². The van der Waals surface area contributed by atoms with Crippen LogP contribution in [0.3, 0.4) is 0 Å². The zero-order chi connectivity index (χ0) is 17.2. The van der Waals surface area contributed by atoms with Crippen LogP contribution in [0.2, 0.25) is 0 Å². The van der Waals surface area contributed by atoms with Gasteiger partial charge in [0.1, 0.15) is 10.6 Å². The lowest BCUT2D eigenvalue weighted by atomic mass is 10.2. The van der Waals surface area contributed by atoms with Crippen LogP contribution in [0.1, 0.15) is 0 Å². The number of hydrogen-bond donors (Lipinski definition) is 3. The first kappa shape index (κ1) is 16.5. The number of anilines is 3. The Morgan fingerprint density at radius 1 is 1.26 bits per heavy atom. The summed E-state index contributed by atoms with van der Waals surface area (Å²) in [5.41, 5.74) is 6.01. The Balaban J connectivity index is 2.49. The van der Waals surface area contributed by atoms with Crippen molar-refractivity contribution in [3.8, 4) is 5.75 Å². The summed E-state index contributed by atoms with van der Waals surface area (Å²) in [6.45, 7) is 0. The summed E-state index contributed by atoms with van der Waals surface area (Å²) in [7, 11) is -3.23. The van der Waals surface area contributed by atoms with Gasteiger partial charge in [0.15, 0.2) is 0 Å². The lowest BCUT2D eigenvalue weighted by Crippen LogP contribution is -2.05. The number of rotatable bonds is 5. The summed E-state index contributed by atoms with van der Waals surface area (Å²) in [5, 5.41) is 13.5. The number of nitrogen functional groups attached to an aromatic ring is 1. The van der Waals surface area contributed by atoms with Crippen LogP contribution >= 0.6 is 0 Å². The number of non-ortho nitro benzene ring substituents is 1. The van der Waals surface area contributed by atoms with Crippen LogP contribution < -0.4 is 15.8 Å². The van der Waals surface area contributed by atoms with Crippen molar-refractivity contribution in [2.75, 3.05) is 18.2 Å². The third kappa shape index (κ3) is 3.67. The first-order valence-electron chi connectivity index (χ1n) is 6.19. The molecule has 0 aromatic heterocycles. The molecule has 10 heteroatoms. The third-order valence-electron chi connectivity index (χ3n) is 2.97. The van der Waals surface area contributed by atoms with Crippen LogP contribution in [0.15, 0.2) is 41.3 Å². The number of nitrogens with one attached hydrogen (secondary N) is 1. The van der Waals surface area contributed by atoms with Gasteiger partial charge in [-0.25, -0.2) is 0 Å². The highest BCUT2D eigenvalue weighted by molar-refractivity contribution is 7.86. The molecule has 23 heavy (non-hydrogen) atoms. The largest absolute Gasteiger partial charge is 0.495 e. The average molecular weight is 339 g/mol.